The summed E-state index contributed by atoms with van der Waals surface area (Å²) in [6.07, 6.45) is 5.54. The number of ether oxygens (including phenoxy) is 1. The fourth-order valence-corrected chi connectivity index (χ4v) is 2.28. The van der Waals surface area contributed by atoms with Crippen molar-refractivity contribution in [2.45, 2.75) is 39.5 Å². The zero-order chi connectivity index (χ0) is 16.2. The molecule has 0 fully saturated rings. The van der Waals surface area contributed by atoms with E-state index >= 15 is 0 Å². The first kappa shape index (κ1) is 18.5. The van der Waals surface area contributed by atoms with Gasteiger partial charge in [-0.3, -0.25) is 0 Å². The molecular weight excluding hydrogens is 289 g/mol. The summed E-state index contributed by atoms with van der Waals surface area (Å²) in [7, 11) is 4.38. The van der Waals surface area contributed by atoms with Crippen molar-refractivity contribution in [3.63, 3.8) is 0 Å². The molecule has 1 N–H and O–H groups in total. The van der Waals surface area contributed by atoms with E-state index in [0.29, 0.717) is 0 Å². The first-order valence-corrected chi connectivity index (χ1v) is 8.55. The van der Waals surface area contributed by atoms with E-state index in [2.05, 4.69) is 28.4 Å². The molecule has 2 nitrogen and oxygen atoms in total. The molecular formula is C19H28NOP. The van der Waals surface area contributed by atoms with Crippen LogP contribution in [-0.2, 0) is 0 Å². The number of benzene rings is 2. The molecule has 0 radical (unpaired) electrons. The van der Waals surface area contributed by atoms with E-state index in [1.54, 1.807) is 7.11 Å². The lowest BCUT2D eigenvalue weighted by molar-refractivity contribution is 0.417. The van der Waals surface area contributed by atoms with E-state index in [1.807, 2.05) is 48.5 Å². The van der Waals surface area contributed by atoms with Crippen LogP contribution < -0.4 is 15.4 Å². The molecule has 1 unspecified atom stereocenters. The fraction of sp³-hybridized carbons (Fsp3) is 0.368. The van der Waals surface area contributed by atoms with Gasteiger partial charge in [0.1, 0.15) is 5.75 Å². The summed E-state index contributed by atoms with van der Waals surface area (Å²) in [4.78, 5) is 0. The number of anilines is 2. The minimum Gasteiger partial charge on any atom is -0.495 e. The molecule has 0 aliphatic rings. The molecule has 3 heteroatoms. The summed E-state index contributed by atoms with van der Waals surface area (Å²) in [5.41, 5.74) is 2.04. The second kappa shape index (κ2) is 11.1. The van der Waals surface area contributed by atoms with Gasteiger partial charge in [-0.2, -0.15) is 0 Å². The Kier molecular flexibility index (Phi) is 9.34. The molecule has 0 aliphatic carbocycles. The van der Waals surface area contributed by atoms with Gasteiger partial charge < -0.3 is 10.1 Å². The predicted molar refractivity (Wildman–Crippen MR) is 102 cm³/mol. The fourth-order valence-electron chi connectivity index (χ4n) is 2.00. The van der Waals surface area contributed by atoms with Crippen molar-refractivity contribution in [2.24, 2.45) is 0 Å². The molecule has 0 aliphatic heterocycles. The van der Waals surface area contributed by atoms with Gasteiger partial charge in [0.15, 0.2) is 0 Å². The highest BCUT2D eigenvalue weighted by Crippen LogP contribution is 2.26. The van der Waals surface area contributed by atoms with Crippen molar-refractivity contribution in [2.75, 3.05) is 12.4 Å². The van der Waals surface area contributed by atoms with E-state index < -0.39 is 0 Å². The van der Waals surface area contributed by atoms with Crippen LogP contribution in [0.15, 0.2) is 48.5 Å². The Morgan fingerprint density at radius 2 is 1.41 bits per heavy atom. The van der Waals surface area contributed by atoms with Gasteiger partial charge in [0.05, 0.1) is 12.8 Å². The average molecular weight is 317 g/mol. The largest absolute Gasteiger partial charge is 0.495 e. The first-order valence-electron chi connectivity index (χ1n) is 7.97. The molecule has 0 saturated heterocycles. The van der Waals surface area contributed by atoms with Crippen molar-refractivity contribution in [1.82, 2.24) is 0 Å². The van der Waals surface area contributed by atoms with E-state index in [1.165, 1.54) is 25.7 Å². The monoisotopic (exact) mass is 317 g/mol. The van der Waals surface area contributed by atoms with E-state index in [9.17, 15) is 0 Å². The molecule has 120 valence electrons. The van der Waals surface area contributed by atoms with Gasteiger partial charge in [-0.25, -0.2) is 0 Å². The van der Waals surface area contributed by atoms with E-state index in [0.717, 1.165) is 22.4 Å². The predicted octanol–water partition coefficient (Wildman–Crippen LogP) is 5.53. The van der Waals surface area contributed by atoms with Gasteiger partial charge in [-0.15, -0.1) is 9.24 Å². The third kappa shape index (κ3) is 6.49. The van der Waals surface area contributed by atoms with Crippen molar-refractivity contribution >= 4 is 25.9 Å². The topological polar surface area (TPSA) is 21.3 Å². The second-order valence-electron chi connectivity index (χ2n) is 5.12. The molecule has 0 saturated carbocycles. The standard InChI is InChI=1S/C13H14NOP.C6H14/c1-15-12-8-4-2-6-10(12)14-11-7-3-5-9-13(11)16;1-3-5-6-4-2/h2-9,14H,16H2,1H3;3-6H2,1-2H3. The van der Waals surface area contributed by atoms with Crippen LogP contribution in [0.3, 0.4) is 0 Å². The maximum absolute atomic E-state index is 5.29. The van der Waals surface area contributed by atoms with Gasteiger partial charge in [-0.1, -0.05) is 69.9 Å². The Morgan fingerprint density at radius 3 is 1.95 bits per heavy atom. The number of unbranched alkanes of at least 4 members (excludes halogenated alkanes) is 3. The normalized spacial score (nSPS) is 9.64. The summed E-state index contributed by atoms with van der Waals surface area (Å²) < 4.78 is 5.29. The molecule has 22 heavy (non-hydrogen) atoms. The zero-order valence-corrected chi connectivity index (χ0v) is 15.1. The zero-order valence-electron chi connectivity index (χ0n) is 13.9. The Hall–Kier alpha value is -1.53. The molecule has 2 aromatic carbocycles. The smallest absolute Gasteiger partial charge is 0.142 e. The lowest BCUT2D eigenvalue weighted by Gasteiger charge is -2.12. The number of nitrogens with one attached hydrogen (secondary N) is 1. The second-order valence-corrected chi connectivity index (χ2v) is 5.74. The maximum Gasteiger partial charge on any atom is 0.142 e. The van der Waals surface area contributed by atoms with Crippen LogP contribution in [0.5, 0.6) is 5.75 Å². The minimum atomic E-state index is 0.843. The Balaban J connectivity index is 0.000000346. The highest BCUT2D eigenvalue weighted by Gasteiger charge is 2.02. The van der Waals surface area contributed by atoms with Crippen LogP contribution in [0.25, 0.3) is 0 Å². The number of hydrogen-bond donors (Lipinski definition) is 1. The minimum absolute atomic E-state index is 0.843. The number of para-hydroxylation sites is 3. The van der Waals surface area contributed by atoms with Gasteiger partial charge >= 0.3 is 0 Å². The number of methoxy groups -OCH3 is 1. The molecule has 0 aromatic heterocycles. The molecule has 0 amide bonds. The highest BCUT2D eigenvalue weighted by atomic mass is 31.0. The Labute approximate surface area is 137 Å². The van der Waals surface area contributed by atoms with Crippen molar-refractivity contribution < 1.29 is 4.74 Å². The molecule has 1 atom stereocenters. The summed E-state index contributed by atoms with van der Waals surface area (Å²) in [6.45, 7) is 4.46. The summed E-state index contributed by atoms with van der Waals surface area (Å²) in [5, 5.41) is 4.48. The van der Waals surface area contributed by atoms with Crippen LogP contribution in [-0.4, -0.2) is 7.11 Å². The maximum atomic E-state index is 5.29. The lowest BCUT2D eigenvalue weighted by atomic mass is 10.2. The average Bonchev–Trinajstić information content (AvgIpc) is 2.56. The van der Waals surface area contributed by atoms with Crippen LogP contribution in [0.1, 0.15) is 39.5 Å². The van der Waals surface area contributed by atoms with E-state index in [4.69, 9.17) is 4.74 Å². The molecule has 2 rings (SSSR count). The van der Waals surface area contributed by atoms with Gasteiger partial charge in [0.25, 0.3) is 0 Å². The SMILES string of the molecule is CCCCCC.COc1ccccc1Nc1ccccc1P. The third-order valence-electron chi connectivity index (χ3n) is 3.29. The van der Waals surface area contributed by atoms with Crippen LogP contribution in [0.4, 0.5) is 11.4 Å². The highest BCUT2D eigenvalue weighted by molar-refractivity contribution is 7.28. The van der Waals surface area contributed by atoms with Crippen LogP contribution in [0, 0.1) is 0 Å². The quantitative estimate of drug-likeness (QED) is 0.559. The van der Waals surface area contributed by atoms with Gasteiger partial charge in [0, 0.05) is 5.69 Å². The summed E-state index contributed by atoms with van der Waals surface area (Å²) in [5.74, 6) is 0.843. The third-order valence-corrected chi connectivity index (χ3v) is 3.80. The van der Waals surface area contributed by atoms with Gasteiger partial charge in [0.2, 0.25) is 0 Å². The summed E-state index contributed by atoms with van der Waals surface area (Å²) in [6, 6.07) is 16.0. The first-order chi connectivity index (χ1) is 10.7. The molecule has 2 aromatic rings. The summed E-state index contributed by atoms with van der Waals surface area (Å²) >= 11 is 0. The molecule has 0 heterocycles. The van der Waals surface area contributed by atoms with Crippen molar-refractivity contribution in [3.05, 3.63) is 48.5 Å². The Morgan fingerprint density at radius 1 is 0.864 bits per heavy atom. The van der Waals surface area contributed by atoms with Gasteiger partial charge in [-0.05, 0) is 23.5 Å². The molecule has 0 spiro atoms. The molecule has 0 bridgehead atoms. The van der Waals surface area contributed by atoms with Crippen LogP contribution >= 0.6 is 9.24 Å². The van der Waals surface area contributed by atoms with Crippen LogP contribution in [0.2, 0.25) is 0 Å². The lowest BCUT2D eigenvalue weighted by Crippen LogP contribution is -2.02. The Bertz CT molecular complexity index is 538. The van der Waals surface area contributed by atoms with Crippen molar-refractivity contribution in [1.29, 1.82) is 0 Å². The number of rotatable bonds is 6. The number of hydrogen-bond acceptors (Lipinski definition) is 2. The van der Waals surface area contributed by atoms with E-state index in [-0.39, 0.29) is 0 Å². The van der Waals surface area contributed by atoms with Crippen molar-refractivity contribution in [3.8, 4) is 5.75 Å².